The van der Waals surface area contributed by atoms with E-state index in [9.17, 15) is 19.6 Å². The number of hydrogen-bond acceptors (Lipinski definition) is 7. The van der Waals surface area contributed by atoms with Crippen molar-refractivity contribution in [1.29, 1.82) is 0 Å². The molecule has 0 bridgehead atoms. The lowest BCUT2D eigenvalue weighted by atomic mass is 9.97. The summed E-state index contributed by atoms with van der Waals surface area (Å²) in [5.74, 6) is -0.624. The third kappa shape index (κ3) is 4.48. The minimum absolute atomic E-state index is 0.624. The Morgan fingerprint density at radius 1 is 1.37 bits per heavy atom. The molecule has 0 unspecified atom stereocenters. The highest BCUT2D eigenvalue weighted by molar-refractivity contribution is 7.46. The summed E-state index contributed by atoms with van der Waals surface area (Å²) in [5, 5.41) is 30.5. The van der Waals surface area contributed by atoms with Crippen LogP contribution in [0, 0.1) is 0 Å². The van der Waals surface area contributed by atoms with Crippen molar-refractivity contribution in [2.75, 3.05) is 6.61 Å². The van der Waals surface area contributed by atoms with Crippen LogP contribution in [-0.2, 0) is 18.6 Å². The van der Waals surface area contributed by atoms with E-state index < -0.39 is 51.0 Å². The van der Waals surface area contributed by atoms with Gasteiger partial charge in [0.15, 0.2) is 6.29 Å². The maximum absolute atomic E-state index is 11.0. The lowest BCUT2D eigenvalue weighted by Crippen LogP contribution is -2.64. The number of amides is 1. The molecule has 1 saturated heterocycles. The molecule has 11 heteroatoms. The van der Waals surface area contributed by atoms with Gasteiger partial charge in [0, 0.05) is 6.92 Å². The molecule has 1 aliphatic heterocycles. The van der Waals surface area contributed by atoms with Crippen LogP contribution in [0.4, 0.5) is 0 Å². The van der Waals surface area contributed by atoms with E-state index in [1.165, 1.54) is 0 Å². The number of phosphoric acid groups is 1. The van der Waals surface area contributed by atoms with Gasteiger partial charge >= 0.3 is 7.82 Å². The van der Waals surface area contributed by atoms with Crippen LogP contribution in [0.25, 0.3) is 0 Å². The van der Waals surface area contributed by atoms with Gasteiger partial charge in [0.05, 0.1) is 6.61 Å². The van der Waals surface area contributed by atoms with Crippen molar-refractivity contribution in [3.63, 3.8) is 0 Å². The lowest BCUT2D eigenvalue weighted by Gasteiger charge is -2.41. The molecule has 5 atom stereocenters. The average Bonchev–Trinajstić information content (AvgIpc) is 2.26. The molecule has 1 aliphatic rings. The van der Waals surface area contributed by atoms with Crippen molar-refractivity contribution in [3.8, 4) is 0 Å². The van der Waals surface area contributed by atoms with Gasteiger partial charge in [-0.15, -0.1) is 0 Å². The fourth-order valence-corrected chi connectivity index (χ4v) is 2.15. The zero-order valence-corrected chi connectivity index (χ0v) is 10.8. The molecular formula is C8H16NO9P. The van der Waals surface area contributed by atoms with Crippen LogP contribution >= 0.6 is 7.82 Å². The minimum Gasteiger partial charge on any atom is -0.394 e. The first-order valence-electron chi connectivity index (χ1n) is 5.29. The second-order valence-corrected chi connectivity index (χ2v) is 5.22. The zero-order valence-electron chi connectivity index (χ0n) is 9.91. The maximum atomic E-state index is 11.0. The molecule has 0 saturated carbocycles. The molecule has 0 aromatic rings. The fourth-order valence-electron chi connectivity index (χ4n) is 1.70. The van der Waals surface area contributed by atoms with Gasteiger partial charge in [-0.1, -0.05) is 0 Å². The molecule has 0 spiro atoms. The number of nitrogens with one attached hydrogen (secondary N) is 1. The number of rotatable bonds is 4. The van der Waals surface area contributed by atoms with E-state index in [1.807, 2.05) is 0 Å². The number of ether oxygens (including phenoxy) is 1. The molecule has 0 aliphatic carbocycles. The SMILES string of the molecule is CC(=O)N[C@H]1[C@@H](OP(=O)(O)O)O[C@H](CO)[C@H](O)[C@@H]1O. The van der Waals surface area contributed by atoms with E-state index in [2.05, 4.69) is 9.84 Å². The average molecular weight is 301 g/mol. The van der Waals surface area contributed by atoms with Crippen molar-refractivity contribution < 1.29 is 43.7 Å². The van der Waals surface area contributed by atoms with Crippen molar-refractivity contribution in [3.05, 3.63) is 0 Å². The number of carbonyl (C=O) groups is 1. The molecule has 1 amide bonds. The summed E-state index contributed by atoms with van der Waals surface area (Å²) in [6.07, 6.45) is -6.17. The quantitative estimate of drug-likeness (QED) is 0.297. The van der Waals surface area contributed by atoms with Gasteiger partial charge in [-0.2, -0.15) is 0 Å². The van der Waals surface area contributed by atoms with Crippen LogP contribution in [0.15, 0.2) is 0 Å². The molecular weight excluding hydrogens is 285 g/mol. The van der Waals surface area contributed by atoms with Crippen LogP contribution in [0.2, 0.25) is 0 Å². The Labute approximate surface area is 108 Å². The van der Waals surface area contributed by atoms with Crippen molar-refractivity contribution >= 4 is 13.7 Å². The van der Waals surface area contributed by atoms with Gasteiger partial charge in [-0.3, -0.25) is 9.32 Å². The Hall–Kier alpha value is -0.580. The van der Waals surface area contributed by atoms with Crippen molar-refractivity contribution in [2.45, 2.75) is 37.6 Å². The Kier molecular flexibility index (Phi) is 5.42. The number of carbonyl (C=O) groups excluding carboxylic acids is 1. The Balaban J connectivity index is 2.92. The maximum Gasteiger partial charge on any atom is 0.472 e. The van der Waals surface area contributed by atoms with Crippen molar-refractivity contribution in [1.82, 2.24) is 5.32 Å². The Bertz CT molecular complexity index is 371. The second-order valence-electron chi connectivity index (χ2n) is 4.03. The van der Waals surface area contributed by atoms with Crippen LogP contribution < -0.4 is 5.32 Å². The highest BCUT2D eigenvalue weighted by Gasteiger charge is 2.47. The third-order valence-electron chi connectivity index (χ3n) is 2.49. The second kappa shape index (κ2) is 6.25. The van der Waals surface area contributed by atoms with E-state index in [-0.39, 0.29) is 0 Å². The number of aliphatic hydroxyl groups is 3. The van der Waals surface area contributed by atoms with E-state index in [1.54, 1.807) is 0 Å². The lowest BCUT2D eigenvalue weighted by molar-refractivity contribution is -0.248. The predicted molar refractivity (Wildman–Crippen MR) is 58.5 cm³/mol. The summed E-state index contributed by atoms with van der Waals surface area (Å²) in [4.78, 5) is 28.4. The van der Waals surface area contributed by atoms with Crippen LogP contribution in [0.3, 0.4) is 0 Å². The van der Waals surface area contributed by atoms with Crippen LogP contribution in [0.5, 0.6) is 0 Å². The first kappa shape index (κ1) is 16.5. The summed E-state index contributed by atoms with van der Waals surface area (Å²) in [7, 11) is -4.95. The fraction of sp³-hybridized carbons (Fsp3) is 0.875. The molecule has 1 fully saturated rings. The summed E-state index contributed by atoms with van der Waals surface area (Å²) < 4.78 is 20.0. The monoisotopic (exact) mass is 301 g/mol. The molecule has 112 valence electrons. The van der Waals surface area contributed by atoms with Crippen molar-refractivity contribution in [2.24, 2.45) is 0 Å². The number of hydrogen-bond donors (Lipinski definition) is 6. The van der Waals surface area contributed by atoms with Gasteiger partial charge in [-0.25, -0.2) is 4.57 Å². The number of aliphatic hydroxyl groups excluding tert-OH is 3. The first-order chi connectivity index (χ1) is 8.65. The normalized spacial score (nSPS) is 36.0. The third-order valence-corrected chi connectivity index (χ3v) is 2.97. The summed E-state index contributed by atoms with van der Waals surface area (Å²) >= 11 is 0. The molecule has 1 rings (SSSR count). The molecule has 10 nitrogen and oxygen atoms in total. The van der Waals surface area contributed by atoms with Gasteiger partial charge in [0.1, 0.15) is 24.4 Å². The van der Waals surface area contributed by atoms with Gasteiger partial charge in [-0.05, 0) is 0 Å². The van der Waals surface area contributed by atoms with E-state index >= 15 is 0 Å². The molecule has 0 aromatic carbocycles. The van der Waals surface area contributed by atoms with E-state index in [0.717, 1.165) is 6.92 Å². The largest absolute Gasteiger partial charge is 0.472 e. The van der Waals surface area contributed by atoms with Gasteiger partial charge in [0.2, 0.25) is 5.91 Å². The van der Waals surface area contributed by atoms with Crippen LogP contribution in [0.1, 0.15) is 6.92 Å². The smallest absolute Gasteiger partial charge is 0.394 e. The predicted octanol–water partition coefficient (Wildman–Crippen LogP) is -2.96. The summed E-state index contributed by atoms with van der Waals surface area (Å²) in [5.41, 5.74) is 0. The molecule has 1 heterocycles. The van der Waals surface area contributed by atoms with E-state index in [0.29, 0.717) is 0 Å². The van der Waals surface area contributed by atoms with Gasteiger partial charge < -0.3 is 35.2 Å². The summed E-state index contributed by atoms with van der Waals surface area (Å²) in [6.45, 7) is 0.401. The standard InChI is InChI=1S/C8H16NO9P/c1-3(11)9-5-7(13)6(12)4(2-10)17-8(5)18-19(14,15)16/h4-8,10,12-13H,2H2,1H3,(H,9,11)(H2,14,15,16)/t4-,5-,6+,7-,8-/m1/s1. The van der Waals surface area contributed by atoms with E-state index in [4.69, 9.17) is 19.6 Å². The Morgan fingerprint density at radius 3 is 2.37 bits per heavy atom. The first-order valence-corrected chi connectivity index (χ1v) is 6.82. The zero-order chi connectivity index (χ0) is 14.8. The topological polar surface area (TPSA) is 166 Å². The molecule has 0 radical (unpaired) electrons. The molecule has 6 N–H and O–H groups in total. The minimum atomic E-state index is -4.95. The molecule has 0 aromatic heterocycles. The molecule has 19 heavy (non-hydrogen) atoms. The highest BCUT2D eigenvalue weighted by atomic mass is 31.2. The Morgan fingerprint density at radius 2 is 1.95 bits per heavy atom. The van der Waals surface area contributed by atoms with Crippen LogP contribution in [-0.4, -0.2) is 68.3 Å². The summed E-state index contributed by atoms with van der Waals surface area (Å²) in [6, 6.07) is -1.39. The van der Waals surface area contributed by atoms with Gasteiger partial charge in [0.25, 0.3) is 0 Å². The number of phosphoric ester groups is 1. The highest BCUT2D eigenvalue weighted by Crippen LogP contribution is 2.40.